The number of nitrogens with one attached hydrogen (secondary N) is 1. The molecule has 1 aliphatic carbocycles. The standard InChI is InChI=1S/C16H22N8O4/c17-23-22-16-20-13(19-8-4-2-1-3-5-8)10-14(21-16)24(7-18-10)15-12(27)11(26)9(6-25)28-15/h7-9,11-12,15,25-27H,1-6H2,(H,19,20,21)/t9-,11+,12+,15-/m1/s1. The molecule has 2 aromatic heterocycles. The molecular weight excluding hydrogens is 368 g/mol. The highest BCUT2D eigenvalue weighted by Gasteiger charge is 2.44. The number of azide groups is 1. The van der Waals surface area contributed by atoms with Gasteiger partial charge in [0.1, 0.15) is 18.3 Å². The molecule has 0 unspecified atom stereocenters. The quantitative estimate of drug-likeness (QED) is 0.334. The van der Waals surface area contributed by atoms with Crippen LogP contribution >= 0.6 is 0 Å². The zero-order valence-electron chi connectivity index (χ0n) is 15.1. The van der Waals surface area contributed by atoms with Crippen LogP contribution in [0.25, 0.3) is 21.6 Å². The fourth-order valence-electron chi connectivity index (χ4n) is 3.83. The molecule has 0 radical (unpaired) electrons. The Morgan fingerprint density at radius 2 is 2.04 bits per heavy atom. The van der Waals surface area contributed by atoms with Crippen molar-refractivity contribution in [3.05, 3.63) is 16.8 Å². The van der Waals surface area contributed by atoms with Gasteiger partial charge >= 0.3 is 0 Å². The average molecular weight is 390 g/mol. The summed E-state index contributed by atoms with van der Waals surface area (Å²) in [5.74, 6) is 0.367. The van der Waals surface area contributed by atoms with E-state index in [0.717, 1.165) is 25.7 Å². The van der Waals surface area contributed by atoms with Crippen LogP contribution in [0.5, 0.6) is 0 Å². The van der Waals surface area contributed by atoms with E-state index in [1.54, 1.807) is 0 Å². The van der Waals surface area contributed by atoms with E-state index in [-0.39, 0.29) is 12.0 Å². The summed E-state index contributed by atoms with van der Waals surface area (Å²) < 4.78 is 7.01. The number of imidazole rings is 1. The van der Waals surface area contributed by atoms with Crippen LogP contribution in [-0.2, 0) is 4.74 Å². The zero-order valence-corrected chi connectivity index (χ0v) is 15.1. The van der Waals surface area contributed by atoms with Crippen LogP contribution in [0.15, 0.2) is 11.4 Å². The van der Waals surface area contributed by atoms with Crippen LogP contribution in [0.3, 0.4) is 0 Å². The van der Waals surface area contributed by atoms with Crippen molar-refractivity contribution in [1.29, 1.82) is 0 Å². The number of ether oxygens (including phenoxy) is 1. The molecule has 3 heterocycles. The summed E-state index contributed by atoms with van der Waals surface area (Å²) in [6.07, 6.45) is 2.48. The Labute approximate surface area is 159 Å². The van der Waals surface area contributed by atoms with Gasteiger partial charge in [-0.05, 0) is 23.5 Å². The number of hydrogen-bond acceptors (Lipinski definition) is 9. The molecule has 4 rings (SSSR count). The summed E-state index contributed by atoms with van der Waals surface area (Å²) in [5.41, 5.74) is 9.53. The summed E-state index contributed by atoms with van der Waals surface area (Å²) in [7, 11) is 0. The van der Waals surface area contributed by atoms with E-state index >= 15 is 0 Å². The van der Waals surface area contributed by atoms with Gasteiger partial charge in [0.05, 0.1) is 12.9 Å². The molecule has 2 fully saturated rings. The number of anilines is 1. The maximum atomic E-state index is 10.3. The molecule has 12 nitrogen and oxygen atoms in total. The third kappa shape index (κ3) is 3.36. The van der Waals surface area contributed by atoms with Crippen LogP contribution in [-0.4, -0.2) is 65.8 Å². The van der Waals surface area contributed by atoms with E-state index < -0.39 is 31.1 Å². The first kappa shape index (κ1) is 18.8. The van der Waals surface area contributed by atoms with Gasteiger partial charge in [0, 0.05) is 11.0 Å². The van der Waals surface area contributed by atoms with Crippen molar-refractivity contribution < 1.29 is 20.1 Å². The molecular formula is C16H22N8O4. The van der Waals surface area contributed by atoms with Crippen molar-refractivity contribution in [2.75, 3.05) is 11.9 Å². The van der Waals surface area contributed by atoms with Gasteiger partial charge in [-0.3, -0.25) is 4.57 Å². The molecule has 150 valence electrons. The minimum Gasteiger partial charge on any atom is -0.394 e. The van der Waals surface area contributed by atoms with Crippen LogP contribution in [0.1, 0.15) is 38.3 Å². The topological polar surface area (TPSA) is 174 Å². The Morgan fingerprint density at radius 3 is 2.71 bits per heavy atom. The number of aromatic nitrogens is 4. The van der Waals surface area contributed by atoms with Crippen LogP contribution in [0.2, 0.25) is 0 Å². The normalized spacial score (nSPS) is 28.4. The number of aliphatic hydroxyl groups excluding tert-OH is 3. The smallest absolute Gasteiger partial charge is 0.220 e. The number of fused-ring (bicyclic) bond motifs is 1. The summed E-state index contributed by atoms with van der Waals surface area (Å²) in [6, 6.07) is 0.241. The first-order valence-corrected chi connectivity index (χ1v) is 9.31. The van der Waals surface area contributed by atoms with Gasteiger partial charge in [-0.25, -0.2) is 15.0 Å². The largest absolute Gasteiger partial charge is 0.394 e. The molecule has 4 N–H and O–H groups in total. The molecule has 12 heteroatoms. The van der Waals surface area contributed by atoms with E-state index in [1.165, 1.54) is 17.3 Å². The highest BCUT2D eigenvalue weighted by molar-refractivity contribution is 5.84. The summed E-state index contributed by atoms with van der Waals surface area (Å²) in [4.78, 5) is 15.6. The number of rotatable bonds is 5. The third-order valence-electron chi connectivity index (χ3n) is 5.28. The van der Waals surface area contributed by atoms with Gasteiger partial charge in [-0.15, -0.1) is 0 Å². The van der Waals surface area contributed by atoms with E-state index in [9.17, 15) is 15.3 Å². The second-order valence-electron chi connectivity index (χ2n) is 7.09. The van der Waals surface area contributed by atoms with Gasteiger partial charge in [-0.2, -0.15) is 0 Å². The van der Waals surface area contributed by atoms with Crippen molar-refractivity contribution in [3.63, 3.8) is 0 Å². The molecule has 28 heavy (non-hydrogen) atoms. The van der Waals surface area contributed by atoms with Crippen molar-refractivity contribution in [2.45, 2.75) is 62.7 Å². The predicted octanol–water partition coefficient (Wildman–Crippen LogP) is 1.12. The molecule has 0 amide bonds. The highest BCUT2D eigenvalue weighted by atomic mass is 16.6. The molecule has 0 spiro atoms. The number of nitrogens with zero attached hydrogens (tertiary/aromatic N) is 7. The van der Waals surface area contributed by atoms with Gasteiger partial charge in [0.15, 0.2) is 23.2 Å². The van der Waals surface area contributed by atoms with Gasteiger partial charge in [0.25, 0.3) is 0 Å². The Balaban J connectivity index is 1.74. The minimum absolute atomic E-state index is 0.0817. The predicted molar refractivity (Wildman–Crippen MR) is 97.6 cm³/mol. The average Bonchev–Trinajstić information content (AvgIpc) is 3.24. The summed E-state index contributed by atoms with van der Waals surface area (Å²) in [5, 5.41) is 36.5. The van der Waals surface area contributed by atoms with E-state index in [0.29, 0.717) is 17.0 Å². The van der Waals surface area contributed by atoms with Crippen LogP contribution in [0, 0.1) is 0 Å². The summed E-state index contributed by atoms with van der Waals surface area (Å²) in [6.45, 7) is -0.436. The molecule has 2 aliphatic rings. The Morgan fingerprint density at radius 1 is 1.25 bits per heavy atom. The third-order valence-corrected chi connectivity index (χ3v) is 5.28. The summed E-state index contributed by atoms with van der Waals surface area (Å²) >= 11 is 0. The maximum absolute atomic E-state index is 10.3. The molecule has 1 saturated carbocycles. The monoisotopic (exact) mass is 390 g/mol. The molecule has 1 saturated heterocycles. The van der Waals surface area contributed by atoms with Gasteiger partial charge in [-0.1, -0.05) is 19.3 Å². The highest BCUT2D eigenvalue weighted by Crippen LogP contribution is 2.33. The molecule has 2 aromatic rings. The van der Waals surface area contributed by atoms with Crippen molar-refractivity contribution in [3.8, 4) is 0 Å². The van der Waals surface area contributed by atoms with Gasteiger partial charge in [0.2, 0.25) is 5.95 Å². The lowest BCUT2D eigenvalue weighted by atomic mass is 9.95. The van der Waals surface area contributed by atoms with Crippen LogP contribution in [0.4, 0.5) is 11.8 Å². The fraction of sp³-hybridized carbons (Fsp3) is 0.688. The number of aliphatic hydroxyl groups is 3. The Kier molecular flexibility index (Phi) is 5.29. The maximum Gasteiger partial charge on any atom is 0.220 e. The second kappa shape index (κ2) is 7.86. The lowest BCUT2D eigenvalue weighted by Crippen LogP contribution is -2.33. The molecule has 0 aromatic carbocycles. The van der Waals surface area contributed by atoms with Crippen molar-refractivity contribution in [1.82, 2.24) is 19.5 Å². The lowest BCUT2D eigenvalue weighted by Gasteiger charge is -2.23. The Hall–Kier alpha value is -2.50. The first-order chi connectivity index (χ1) is 13.6. The van der Waals surface area contributed by atoms with Crippen molar-refractivity contribution >= 4 is 22.9 Å². The van der Waals surface area contributed by atoms with E-state index in [2.05, 4.69) is 30.3 Å². The number of hydrogen-bond donors (Lipinski definition) is 4. The van der Waals surface area contributed by atoms with Crippen molar-refractivity contribution in [2.24, 2.45) is 5.11 Å². The van der Waals surface area contributed by atoms with E-state index in [4.69, 9.17) is 10.3 Å². The fourth-order valence-corrected chi connectivity index (χ4v) is 3.83. The first-order valence-electron chi connectivity index (χ1n) is 9.31. The molecule has 1 aliphatic heterocycles. The minimum atomic E-state index is -1.28. The van der Waals surface area contributed by atoms with Gasteiger partial charge < -0.3 is 25.4 Å². The molecule has 4 atom stereocenters. The zero-order chi connectivity index (χ0) is 19.7. The lowest BCUT2D eigenvalue weighted by molar-refractivity contribution is -0.0511. The van der Waals surface area contributed by atoms with E-state index in [1.807, 2.05) is 0 Å². The Bertz CT molecular complexity index is 892. The second-order valence-corrected chi connectivity index (χ2v) is 7.09. The molecule has 0 bridgehead atoms. The van der Waals surface area contributed by atoms with Crippen LogP contribution < -0.4 is 5.32 Å². The SMILES string of the molecule is [N-]=[N+]=Nc1nc(NC2CCCCC2)c2ncn([C@@H]3O[C@H](CO)[C@H](O)[C@@H]3O)c2n1.